The van der Waals surface area contributed by atoms with Crippen LogP contribution in [-0.4, -0.2) is 45.9 Å². The van der Waals surface area contributed by atoms with Crippen LogP contribution >= 0.6 is 111 Å². The summed E-state index contributed by atoms with van der Waals surface area (Å²) >= 11 is 11.0. The molecule has 6 aromatic rings. The number of fused-ring (bicyclic) bond motifs is 6. The van der Waals surface area contributed by atoms with E-state index in [2.05, 4.69) is 195 Å². The predicted molar refractivity (Wildman–Crippen MR) is 461 cm³/mol. The van der Waals surface area contributed by atoms with Gasteiger partial charge in [-0.05, 0) is 121 Å². The average molecular weight is 1760 g/mol. The molecule has 5 unspecified atom stereocenters. The smallest absolute Gasteiger partial charge is 0.0500 e. The van der Waals surface area contributed by atoms with Crippen molar-refractivity contribution in [3.63, 3.8) is 0 Å². The van der Waals surface area contributed by atoms with E-state index in [9.17, 15) is 0 Å². The zero-order chi connectivity index (χ0) is 67.4. The molecule has 0 aliphatic heterocycles. The Morgan fingerprint density at radius 3 is 0.989 bits per heavy atom. The molecular formula is C78H140Br2N2P4S4Sn2. The van der Waals surface area contributed by atoms with Crippen molar-refractivity contribution in [3.05, 3.63) is 55.9 Å². The van der Waals surface area contributed by atoms with E-state index < -0.39 is 36.8 Å². The Morgan fingerprint density at radius 2 is 0.663 bits per heavy atom. The zero-order valence-corrected chi connectivity index (χ0v) is 77.9. The standard InChI is InChI=1S/C28H43NS2.C24H35Br2NS2.6C4H9.C2H2.H6P4.2Sn/c1-5-8-10-12-13-15-18-23(17-14-11-9-6-2)21-29-25-19-22(4)30-27(25)28-26(29)20-24(31-28)16-7-3;1-3-5-7-9-10-12-14-18(13-11-8-6-4-2)17-27-19-15-21(25)28-23(19)24-20(27)16-22(26)29-24;6*1-3-4-2;1-2;1-4(2)3;;/h7,16,19-20,23H,5-6,8-15,17-18,21H2,1-4H3;15-16,18H,3-14,17H2,1-2H3;6*1,3-4H2,2H3;1-2H;1-3H2;;/b16-7+;;;;;;;;;;;. The minimum atomic E-state index is -2.10. The van der Waals surface area contributed by atoms with Gasteiger partial charge in [-0.15, -0.1) is 72.1 Å². The maximum atomic E-state index is 3.73. The van der Waals surface area contributed by atoms with Crippen molar-refractivity contribution < 1.29 is 0 Å². The summed E-state index contributed by atoms with van der Waals surface area (Å²) in [7, 11) is 7.94. The normalized spacial score (nSPS) is 12.9. The van der Waals surface area contributed by atoms with Crippen molar-refractivity contribution in [2.24, 2.45) is 11.8 Å². The van der Waals surface area contributed by atoms with E-state index in [1.807, 2.05) is 45.3 Å². The van der Waals surface area contributed by atoms with E-state index in [4.69, 9.17) is 0 Å². The van der Waals surface area contributed by atoms with Crippen LogP contribution < -0.4 is 0 Å². The van der Waals surface area contributed by atoms with Gasteiger partial charge in [0.15, 0.2) is 0 Å². The van der Waals surface area contributed by atoms with Crippen molar-refractivity contribution in [1.82, 2.24) is 9.13 Å². The van der Waals surface area contributed by atoms with E-state index in [0.29, 0.717) is 0 Å². The number of unbranched alkanes of at least 4 members (excludes halogenated alkanes) is 22. The van der Waals surface area contributed by atoms with Gasteiger partial charge in [-0.1, -0.05) is 162 Å². The van der Waals surface area contributed by atoms with Crippen molar-refractivity contribution in [3.8, 4) is 0 Å². The van der Waals surface area contributed by atoms with Crippen molar-refractivity contribution in [2.45, 2.75) is 354 Å². The van der Waals surface area contributed by atoms with E-state index in [0.717, 1.165) is 11.8 Å². The van der Waals surface area contributed by atoms with Crippen LogP contribution in [0.3, 0.4) is 0 Å². The third-order valence-corrected chi connectivity index (χ3v) is 56.1. The van der Waals surface area contributed by atoms with E-state index in [-0.39, 0.29) is 6.99 Å². The predicted octanol–water partition coefficient (Wildman–Crippen LogP) is 33.5. The number of aryl methyl sites for hydroxylation is 1. The number of rotatable bonds is 49. The number of aromatic nitrogens is 2. The first-order valence-corrected chi connectivity index (χ1v) is 64.8. The van der Waals surface area contributed by atoms with Gasteiger partial charge in [0, 0.05) is 22.8 Å². The van der Waals surface area contributed by atoms with Gasteiger partial charge in [-0.25, -0.2) is 0 Å². The molecule has 14 heteroatoms. The molecule has 0 bridgehead atoms. The minimum absolute atomic E-state index is 0.130. The first-order valence-electron chi connectivity index (χ1n) is 38.4. The molecule has 0 N–H and O–H groups in total. The molecule has 528 valence electrons. The van der Waals surface area contributed by atoms with Crippen molar-refractivity contribution in [2.75, 3.05) is 0 Å². The fraction of sp³-hybridized carbons (Fsp3) is 0.744. The van der Waals surface area contributed by atoms with Crippen LogP contribution in [0.5, 0.6) is 0 Å². The molecule has 92 heavy (non-hydrogen) atoms. The molecule has 0 fully saturated rings. The molecule has 0 spiro atoms. The van der Waals surface area contributed by atoms with Gasteiger partial charge >= 0.3 is 190 Å². The Labute approximate surface area is 618 Å². The van der Waals surface area contributed by atoms with Crippen LogP contribution in [0.15, 0.2) is 46.1 Å². The fourth-order valence-electron chi connectivity index (χ4n) is 14.1. The summed E-state index contributed by atoms with van der Waals surface area (Å²) in [6.45, 7) is 30.6. The van der Waals surface area contributed by atoms with E-state index in [1.54, 1.807) is 26.6 Å². The second-order valence-electron chi connectivity index (χ2n) is 27.9. The van der Waals surface area contributed by atoms with Gasteiger partial charge < -0.3 is 9.13 Å². The number of hydrogen-bond acceptors (Lipinski definition) is 4. The second-order valence-corrected chi connectivity index (χ2v) is 72.7. The minimum Gasteiger partial charge on any atom is -0.103 e. The largest absolute Gasteiger partial charge is 0.103 e. The molecule has 0 aliphatic carbocycles. The van der Waals surface area contributed by atoms with Gasteiger partial charge in [0.2, 0.25) is 0 Å². The number of thiophene rings is 4. The molecule has 6 heterocycles. The Kier molecular flexibility index (Phi) is 51.8. The van der Waals surface area contributed by atoms with Gasteiger partial charge in [-0.2, -0.15) is 0 Å². The summed E-state index contributed by atoms with van der Waals surface area (Å²) in [4.78, 5) is 2.83. The van der Waals surface area contributed by atoms with Gasteiger partial charge in [0.05, 0.1) is 48.4 Å². The van der Waals surface area contributed by atoms with Gasteiger partial charge in [0.1, 0.15) is 0 Å². The summed E-state index contributed by atoms with van der Waals surface area (Å²) in [5.41, 5.74) is 5.81. The van der Waals surface area contributed by atoms with Crippen LogP contribution in [0.4, 0.5) is 0 Å². The quantitative estimate of drug-likeness (QED) is 0.0205. The Balaban J connectivity index is 0.000000350. The number of allylic oxidation sites excluding steroid dienone is 1. The molecule has 0 saturated heterocycles. The summed E-state index contributed by atoms with van der Waals surface area (Å²) in [6.07, 6.45) is 55.3. The number of hydrogen-bond donors (Lipinski definition) is 0. The summed E-state index contributed by atoms with van der Waals surface area (Å²) < 4.78 is 29.8. The molecular weight excluding hydrogens is 1610 g/mol. The molecule has 0 aromatic carbocycles. The topological polar surface area (TPSA) is 9.86 Å². The summed E-state index contributed by atoms with van der Waals surface area (Å²) in [5.74, 6) is 1.61. The molecule has 0 radical (unpaired) electrons. The fourth-order valence-corrected chi connectivity index (χ4v) is 60.5. The van der Waals surface area contributed by atoms with Crippen LogP contribution in [0.25, 0.3) is 46.9 Å². The van der Waals surface area contributed by atoms with E-state index >= 15 is 0 Å². The molecule has 2 nitrogen and oxygen atoms in total. The monoisotopic (exact) mass is 1750 g/mol. The van der Waals surface area contributed by atoms with Crippen molar-refractivity contribution >= 4 is 195 Å². The summed E-state index contributed by atoms with van der Waals surface area (Å²) in [5, 5.41) is 0. The first-order chi connectivity index (χ1) is 44.6. The maximum Gasteiger partial charge on any atom is -0.0500 e. The van der Waals surface area contributed by atoms with Crippen LogP contribution in [0, 0.1) is 18.8 Å². The van der Waals surface area contributed by atoms with Crippen LogP contribution in [0.1, 0.15) is 317 Å². The van der Waals surface area contributed by atoms with Crippen LogP contribution in [-0.2, 0) is 13.1 Å². The Bertz CT molecular complexity index is 2690. The third kappa shape index (κ3) is 34.0. The second kappa shape index (κ2) is 53.9. The molecule has 0 aliphatic rings. The van der Waals surface area contributed by atoms with E-state index in [1.165, 1.54) is 302 Å². The zero-order valence-electron chi connectivity index (χ0n) is 61.3. The average Bonchev–Trinajstić information content (AvgIpc) is 1.60. The number of halogens is 2. The van der Waals surface area contributed by atoms with Crippen LogP contribution in [0.2, 0.25) is 26.6 Å². The molecule has 0 saturated carbocycles. The summed E-state index contributed by atoms with van der Waals surface area (Å²) in [6, 6.07) is 9.53. The first kappa shape index (κ1) is 88.4. The third-order valence-electron chi connectivity index (χ3n) is 19.5. The SMILES string of the molecule is C/C=C/c1cc2c(s1)c1sc(C)cc1n2CC(CCCCCC)CCCCCCCC.CCCCCCCCC(CCCCCC)Cn1c2cc(Br)sc2c2sc(Br)cc21.CCC[CH2][Sn](/[CH]=[CH]/[Sn]([CH2]CCC)([CH2]CCC)[CH2]CCC)([CH2]CCC)[CH2]CCC.PP(P)P. The Hall–Kier alpha value is 2.16. The molecule has 5 atom stereocenters. The maximum absolute atomic E-state index is 3.73. The Morgan fingerprint density at radius 1 is 0.391 bits per heavy atom. The number of nitrogens with zero attached hydrogens (tertiary/aromatic N) is 2. The van der Waals surface area contributed by atoms with Gasteiger partial charge in [0.25, 0.3) is 0 Å². The van der Waals surface area contributed by atoms with Crippen molar-refractivity contribution in [1.29, 1.82) is 0 Å². The molecule has 6 rings (SSSR count). The van der Waals surface area contributed by atoms with Gasteiger partial charge in [-0.3, -0.25) is 0 Å². The molecule has 6 aromatic heterocycles. The molecule has 0 amide bonds.